The average Bonchev–Trinajstić information content (AvgIpc) is 3.16. The van der Waals surface area contributed by atoms with Crippen LogP contribution >= 0.6 is 11.8 Å². The van der Waals surface area contributed by atoms with Crippen molar-refractivity contribution >= 4 is 23.3 Å². The zero-order chi connectivity index (χ0) is 21.6. The van der Waals surface area contributed by atoms with Crippen molar-refractivity contribution in [3.05, 3.63) is 52.8 Å². The zero-order valence-corrected chi connectivity index (χ0v) is 17.1. The molecular formula is C19H22F4N6S. The summed E-state index contributed by atoms with van der Waals surface area (Å²) in [5.74, 6) is -3.97. The highest BCUT2D eigenvalue weighted by Crippen LogP contribution is 2.48. The molecule has 162 valence electrons. The fourth-order valence-electron chi connectivity index (χ4n) is 3.94. The van der Waals surface area contributed by atoms with Gasteiger partial charge in [-0.15, -0.1) is 0 Å². The summed E-state index contributed by atoms with van der Waals surface area (Å²) >= 11 is 1.08. The maximum absolute atomic E-state index is 14.5. The molecule has 0 amide bonds. The Balaban J connectivity index is 1.76. The first-order valence-electron chi connectivity index (χ1n) is 9.43. The lowest BCUT2D eigenvalue weighted by Crippen LogP contribution is -2.37. The average molecular weight is 442 g/mol. The predicted molar refractivity (Wildman–Crippen MR) is 109 cm³/mol. The number of hydrogen-bond acceptors (Lipinski definition) is 6. The molecule has 2 unspecified atom stereocenters. The molecule has 1 fully saturated rings. The van der Waals surface area contributed by atoms with Crippen LogP contribution < -0.4 is 21.3 Å². The molecule has 0 spiro atoms. The van der Waals surface area contributed by atoms with E-state index in [1.165, 1.54) is 34.0 Å². The number of nitrogens with two attached hydrogens (primary N) is 2. The van der Waals surface area contributed by atoms with Gasteiger partial charge in [-0.25, -0.2) is 17.6 Å². The Bertz CT molecular complexity index is 958. The lowest BCUT2D eigenvalue weighted by molar-refractivity contribution is -0.000532. The summed E-state index contributed by atoms with van der Waals surface area (Å²) in [5.41, 5.74) is 12.1. The number of nitrogens with zero attached hydrogens (tertiary/aromatic N) is 4. The monoisotopic (exact) mass is 442 g/mol. The van der Waals surface area contributed by atoms with Crippen LogP contribution in [0.15, 0.2) is 35.6 Å². The minimum atomic E-state index is -2.97. The number of thioether (sulfide) groups is 1. The highest BCUT2D eigenvalue weighted by molar-refractivity contribution is 8.03. The van der Waals surface area contributed by atoms with Crippen molar-refractivity contribution in [2.45, 2.75) is 30.2 Å². The van der Waals surface area contributed by atoms with Crippen molar-refractivity contribution in [3.63, 3.8) is 0 Å². The standard InChI is InChI=1S/C19H22F4N6S/c1-27-17(28-6-5-11(24)7-19(22,23)10-28)14(8-26-27)29-9-15(25)30-18(29)16-12(20)3-2-4-13(16)21/h2-4,8-9,11,18H,5-7,10,24-25H2,1H3. The molecule has 11 heteroatoms. The second-order valence-electron chi connectivity index (χ2n) is 7.55. The van der Waals surface area contributed by atoms with E-state index in [2.05, 4.69) is 5.10 Å². The molecule has 6 nitrogen and oxygen atoms in total. The molecule has 1 saturated heterocycles. The van der Waals surface area contributed by atoms with E-state index in [-0.39, 0.29) is 5.56 Å². The number of benzene rings is 1. The minimum Gasteiger partial charge on any atom is -0.392 e. The first kappa shape index (κ1) is 20.9. The van der Waals surface area contributed by atoms with Crippen molar-refractivity contribution in [1.82, 2.24) is 9.78 Å². The van der Waals surface area contributed by atoms with Crippen LogP contribution in [0.4, 0.5) is 29.1 Å². The summed E-state index contributed by atoms with van der Waals surface area (Å²) in [5, 5.41) is 3.74. The summed E-state index contributed by atoms with van der Waals surface area (Å²) in [6.45, 7) is -0.214. The fraction of sp³-hybridized carbons (Fsp3) is 0.421. The van der Waals surface area contributed by atoms with Gasteiger partial charge >= 0.3 is 0 Å². The minimum absolute atomic E-state index is 0.155. The third-order valence-corrected chi connectivity index (χ3v) is 6.30. The van der Waals surface area contributed by atoms with E-state index in [4.69, 9.17) is 11.5 Å². The van der Waals surface area contributed by atoms with Gasteiger partial charge in [0.2, 0.25) is 0 Å². The summed E-state index contributed by atoms with van der Waals surface area (Å²) < 4.78 is 59.3. The van der Waals surface area contributed by atoms with Gasteiger partial charge < -0.3 is 21.3 Å². The quantitative estimate of drug-likeness (QED) is 0.711. The largest absolute Gasteiger partial charge is 0.392 e. The zero-order valence-electron chi connectivity index (χ0n) is 16.2. The van der Waals surface area contributed by atoms with Crippen LogP contribution in [0, 0.1) is 11.6 Å². The molecule has 1 aromatic heterocycles. The van der Waals surface area contributed by atoms with Crippen LogP contribution in [0.3, 0.4) is 0 Å². The van der Waals surface area contributed by atoms with Crippen molar-refractivity contribution in [3.8, 4) is 0 Å². The second kappa shape index (κ2) is 7.69. The number of aromatic nitrogens is 2. The number of halogens is 4. The molecular weight excluding hydrogens is 420 g/mol. The third kappa shape index (κ3) is 3.83. The number of rotatable bonds is 3. The molecule has 2 aliphatic heterocycles. The van der Waals surface area contributed by atoms with Crippen LogP contribution in [0.5, 0.6) is 0 Å². The van der Waals surface area contributed by atoms with Crippen molar-refractivity contribution < 1.29 is 17.6 Å². The molecule has 4 rings (SSSR count). The highest BCUT2D eigenvalue weighted by Gasteiger charge is 2.40. The van der Waals surface area contributed by atoms with Crippen molar-refractivity contribution in [1.29, 1.82) is 0 Å². The summed E-state index contributed by atoms with van der Waals surface area (Å²) in [6.07, 6.45) is 3.02. The van der Waals surface area contributed by atoms with Gasteiger partial charge in [0.1, 0.15) is 22.7 Å². The van der Waals surface area contributed by atoms with Crippen LogP contribution in [0.2, 0.25) is 0 Å². The summed E-state index contributed by atoms with van der Waals surface area (Å²) in [7, 11) is 1.64. The molecule has 3 heterocycles. The Labute approximate surface area is 175 Å². The molecule has 2 atom stereocenters. The first-order chi connectivity index (χ1) is 14.2. The van der Waals surface area contributed by atoms with E-state index in [0.29, 0.717) is 29.5 Å². The molecule has 0 aliphatic carbocycles. The van der Waals surface area contributed by atoms with E-state index >= 15 is 0 Å². The van der Waals surface area contributed by atoms with Gasteiger partial charge in [0, 0.05) is 32.3 Å². The van der Waals surface area contributed by atoms with Gasteiger partial charge in [0.05, 0.1) is 23.3 Å². The fourth-order valence-corrected chi connectivity index (χ4v) is 5.00. The molecule has 2 aromatic rings. The molecule has 1 aromatic carbocycles. The Morgan fingerprint density at radius 2 is 1.93 bits per heavy atom. The van der Waals surface area contributed by atoms with Gasteiger partial charge in [-0.05, 0) is 18.6 Å². The normalized spacial score (nSPS) is 24.1. The van der Waals surface area contributed by atoms with Gasteiger partial charge in [-0.2, -0.15) is 5.10 Å². The number of alkyl halides is 2. The smallest absolute Gasteiger partial charge is 0.266 e. The lowest BCUT2D eigenvalue weighted by Gasteiger charge is -2.31. The molecule has 2 aliphatic rings. The molecule has 30 heavy (non-hydrogen) atoms. The number of anilines is 2. The number of aryl methyl sites for hydroxylation is 1. The maximum Gasteiger partial charge on any atom is 0.266 e. The second-order valence-corrected chi connectivity index (χ2v) is 8.71. The van der Waals surface area contributed by atoms with E-state index < -0.39 is 41.9 Å². The maximum atomic E-state index is 14.5. The van der Waals surface area contributed by atoms with Crippen LogP contribution in [-0.4, -0.2) is 34.8 Å². The highest BCUT2D eigenvalue weighted by atomic mass is 32.2. The van der Waals surface area contributed by atoms with Gasteiger partial charge in [-0.1, -0.05) is 17.8 Å². The first-order valence-corrected chi connectivity index (χ1v) is 10.3. The van der Waals surface area contributed by atoms with E-state index in [9.17, 15) is 17.6 Å². The van der Waals surface area contributed by atoms with E-state index in [1.54, 1.807) is 18.1 Å². The Morgan fingerprint density at radius 3 is 2.63 bits per heavy atom. The topological polar surface area (TPSA) is 76.3 Å². The Hall–Kier alpha value is -2.40. The van der Waals surface area contributed by atoms with Gasteiger partial charge in [0.15, 0.2) is 5.82 Å². The van der Waals surface area contributed by atoms with Gasteiger partial charge in [0.25, 0.3) is 5.92 Å². The molecule has 0 radical (unpaired) electrons. The number of hydrogen-bond donors (Lipinski definition) is 2. The predicted octanol–water partition coefficient (Wildman–Crippen LogP) is 3.27. The third-order valence-electron chi connectivity index (χ3n) is 5.23. The molecule has 0 saturated carbocycles. The Morgan fingerprint density at radius 1 is 1.23 bits per heavy atom. The van der Waals surface area contributed by atoms with E-state index in [1.807, 2.05) is 0 Å². The molecule has 4 N–H and O–H groups in total. The van der Waals surface area contributed by atoms with Crippen molar-refractivity contribution in [2.75, 3.05) is 22.9 Å². The Kier molecular flexibility index (Phi) is 5.35. The SMILES string of the molecule is Cn1ncc(N2C=C(N)SC2c2c(F)cccc2F)c1N1CCC(N)CC(F)(F)C1. The summed E-state index contributed by atoms with van der Waals surface area (Å²) in [4.78, 5) is 3.10. The van der Waals surface area contributed by atoms with Crippen LogP contribution in [-0.2, 0) is 7.05 Å². The van der Waals surface area contributed by atoms with Crippen LogP contribution in [0.25, 0.3) is 0 Å². The summed E-state index contributed by atoms with van der Waals surface area (Å²) in [6, 6.07) is 3.02. The molecule has 0 bridgehead atoms. The lowest BCUT2D eigenvalue weighted by atomic mass is 10.1. The van der Waals surface area contributed by atoms with Crippen molar-refractivity contribution in [2.24, 2.45) is 18.5 Å². The van der Waals surface area contributed by atoms with Gasteiger partial charge in [-0.3, -0.25) is 4.68 Å². The van der Waals surface area contributed by atoms with Crippen LogP contribution in [0.1, 0.15) is 23.8 Å². The van der Waals surface area contributed by atoms with E-state index in [0.717, 1.165) is 11.8 Å².